The number of nitrogens with one attached hydrogen (secondary N) is 1. The third-order valence-corrected chi connectivity index (χ3v) is 4.77. The lowest BCUT2D eigenvalue weighted by Crippen LogP contribution is -2.38. The molecule has 148 valence electrons. The average Bonchev–Trinajstić information content (AvgIpc) is 3.32. The Morgan fingerprint density at radius 3 is 2.57 bits per heavy atom. The summed E-state index contributed by atoms with van der Waals surface area (Å²) in [6.45, 7) is 10.7. The van der Waals surface area contributed by atoms with Crippen molar-refractivity contribution < 1.29 is 9.21 Å². The molecular weight excluding hydrogens is 352 g/mol. The average molecular weight is 380 g/mol. The molecule has 1 amide bonds. The van der Waals surface area contributed by atoms with Gasteiger partial charge in [0.15, 0.2) is 5.76 Å². The Morgan fingerprint density at radius 2 is 1.96 bits per heavy atom. The summed E-state index contributed by atoms with van der Waals surface area (Å²) in [5, 5.41) is 7.65. The van der Waals surface area contributed by atoms with Crippen LogP contribution in [-0.2, 0) is 0 Å². The summed E-state index contributed by atoms with van der Waals surface area (Å²) < 4.78 is 7.45. The second-order valence-electron chi connectivity index (χ2n) is 7.06. The van der Waals surface area contributed by atoms with Crippen molar-refractivity contribution in [1.82, 2.24) is 20.0 Å². The van der Waals surface area contributed by atoms with Gasteiger partial charge in [-0.3, -0.25) is 9.69 Å². The maximum atomic E-state index is 12.9. The minimum absolute atomic E-state index is 0.147. The summed E-state index contributed by atoms with van der Waals surface area (Å²) in [5.41, 5.74) is 1.94. The minimum atomic E-state index is -0.147. The number of rotatable bonds is 8. The number of hydrogen-bond donors (Lipinski definition) is 1. The van der Waals surface area contributed by atoms with Gasteiger partial charge in [0.05, 0.1) is 11.3 Å². The molecule has 1 aromatic carbocycles. The molecule has 28 heavy (non-hydrogen) atoms. The van der Waals surface area contributed by atoms with Gasteiger partial charge < -0.3 is 9.73 Å². The van der Waals surface area contributed by atoms with Crippen molar-refractivity contribution in [2.45, 2.75) is 33.7 Å². The molecule has 6 heteroatoms. The Balaban J connectivity index is 1.84. The first-order chi connectivity index (χ1) is 13.5. The van der Waals surface area contributed by atoms with Gasteiger partial charge in [-0.25, -0.2) is 4.68 Å². The van der Waals surface area contributed by atoms with Crippen LogP contribution < -0.4 is 5.32 Å². The summed E-state index contributed by atoms with van der Waals surface area (Å²) in [5.74, 6) is 1.23. The van der Waals surface area contributed by atoms with E-state index in [0.29, 0.717) is 29.6 Å². The predicted octanol–water partition coefficient (Wildman–Crippen LogP) is 3.90. The largest absolute Gasteiger partial charge is 0.460 e. The number of furan rings is 1. The fraction of sp³-hybridized carbons (Fsp3) is 0.364. The number of amides is 1. The van der Waals surface area contributed by atoms with Gasteiger partial charge in [0.25, 0.3) is 5.91 Å². The maximum Gasteiger partial charge on any atom is 0.255 e. The normalized spacial score (nSPS) is 11.4. The van der Waals surface area contributed by atoms with Crippen molar-refractivity contribution in [3.05, 3.63) is 60.0 Å². The summed E-state index contributed by atoms with van der Waals surface area (Å²) in [6.07, 6.45) is 1.76. The zero-order valence-electron chi connectivity index (χ0n) is 17.0. The molecular formula is C22H28N4O2. The number of carbonyl (C=O) groups is 1. The van der Waals surface area contributed by atoms with E-state index in [2.05, 4.69) is 36.1 Å². The highest BCUT2D eigenvalue weighted by Gasteiger charge is 2.21. The molecule has 0 fully saturated rings. The van der Waals surface area contributed by atoms with Crippen LogP contribution in [0.3, 0.4) is 0 Å². The van der Waals surface area contributed by atoms with Crippen molar-refractivity contribution in [2.24, 2.45) is 0 Å². The molecule has 0 unspecified atom stereocenters. The van der Waals surface area contributed by atoms with Gasteiger partial charge in [0.1, 0.15) is 11.5 Å². The molecule has 3 aromatic rings. The Morgan fingerprint density at radius 1 is 1.21 bits per heavy atom. The summed E-state index contributed by atoms with van der Waals surface area (Å²) in [6, 6.07) is 13.9. The first-order valence-electron chi connectivity index (χ1n) is 9.73. The smallest absolute Gasteiger partial charge is 0.255 e. The lowest BCUT2D eigenvalue weighted by molar-refractivity contribution is 0.0946. The fourth-order valence-corrected chi connectivity index (χ4v) is 3.19. The van der Waals surface area contributed by atoms with E-state index in [4.69, 9.17) is 4.42 Å². The minimum Gasteiger partial charge on any atom is -0.460 e. The van der Waals surface area contributed by atoms with E-state index in [-0.39, 0.29) is 5.91 Å². The van der Waals surface area contributed by atoms with Gasteiger partial charge in [0, 0.05) is 25.3 Å². The van der Waals surface area contributed by atoms with Crippen molar-refractivity contribution >= 4 is 5.91 Å². The quantitative estimate of drug-likeness (QED) is 0.644. The molecule has 0 aliphatic rings. The molecule has 2 heterocycles. The number of carbonyl (C=O) groups excluding carboxylic acids is 1. The SMILES string of the molecule is CCN(CCNC(=O)c1cn(-c2ccccc2)nc1-c1ccc(C)o1)C(C)C. The number of aryl methyl sites for hydroxylation is 1. The van der Waals surface area contributed by atoms with Crippen LogP contribution in [0.4, 0.5) is 0 Å². The molecule has 0 aliphatic carbocycles. The molecule has 6 nitrogen and oxygen atoms in total. The topological polar surface area (TPSA) is 63.3 Å². The van der Waals surface area contributed by atoms with Crippen LogP contribution in [-0.4, -0.2) is 46.3 Å². The van der Waals surface area contributed by atoms with E-state index in [1.165, 1.54) is 0 Å². The van der Waals surface area contributed by atoms with Crippen molar-refractivity contribution in [2.75, 3.05) is 19.6 Å². The molecule has 0 atom stereocenters. The Kier molecular flexibility index (Phi) is 6.31. The summed E-state index contributed by atoms with van der Waals surface area (Å²) in [4.78, 5) is 15.2. The molecule has 0 radical (unpaired) electrons. The van der Waals surface area contributed by atoms with Crippen molar-refractivity contribution in [3.63, 3.8) is 0 Å². The zero-order valence-corrected chi connectivity index (χ0v) is 17.0. The number of hydrogen-bond acceptors (Lipinski definition) is 4. The molecule has 0 spiro atoms. The standard InChI is InChI=1S/C22H28N4O2/c1-5-25(16(2)3)14-13-23-22(27)19-15-26(18-9-7-6-8-10-18)24-21(19)20-12-11-17(4)28-20/h6-12,15-16H,5,13-14H2,1-4H3,(H,23,27). The monoisotopic (exact) mass is 380 g/mol. The number of benzene rings is 1. The fourth-order valence-electron chi connectivity index (χ4n) is 3.19. The van der Waals surface area contributed by atoms with Crippen molar-refractivity contribution in [1.29, 1.82) is 0 Å². The van der Waals surface area contributed by atoms with Crippen LogP contribution in [0.5, 0.6) is 0 Å². The van der Waals surface area contributed by atoms with Gasteiger partial charge in [-0.1, -0.05) is 25.1 Å². The Bertz CT molecular complexity index is 912. The third-order valence-electron chi connectivity index (χ3n) is 4.77. The highest BCUT2D eigenvalue weighted by molar-refractivity contribution is 5.99. The van der Waals surface area contributed by atoms with Crippen LogP contribution in [0.15, 0.2) is 53.1 Å². The zero-order chi connectivity index (χ0) is 20.1. The number of para-hydroxylation sites is 1. The number of nitrogens with zero attached hydrogens (tertiary/aromatic N) is 3. The lowest BCUT2D eigenvalue weighted by atomic mass is 10.2. The Hall–Kier alpha value is -2.86. The van der Waals surface area contributed by atoms with Gasteiger partial charge in [-0.05, 0) is 51.6 Å². The van der Waals surface area contributed by atoms with E-state index in [0.717, 1.165) is 24.5 Å². The molecule has 0 bridgehead atoms. The van der Waals surface area contributed by atoms with E-state index in [1.54, 1.807) is 10.9 Å². The first kappa shape index (κ1) is 19.9. The van der Waals surface area contributed by atoms with Crippen LogP contribution in [0.1, 0.15) is 36.9 Å². The van der Waals surface area contributed by atoms with E-state index in [9.17, 15) is 4.79 Å². The molecule has 2 aromatic heterocycles. The number of aromatic nitrogens is 2. The molecule has 3 rings (SSSR count). The molecule has 1 N–H and O–H groups in total. The van der Waals surface area contributed by atoms with Crippen LogP contribution >= 0.6 is 0 Å². The second kappa shape index (κ2) is 8.89. The van der Waals surface area contributed by atoms with Crippen molar-refractivity contribution in [3.8, 4) is 17.1 Å². The molecule has 0 saturated heterocycles. The highest BCUT2D eigenvalue weighted by Crippen LogP contribution is 2.25. The van der Waals surface area contributed by atoms with Crippen LogP contribution in [0, 0.1) is 6.92 Å². The van der Waals surface area contributed by atoms with Gasteiger partial charge in [-0.2, -0.15) is 5.10 Å². The highest BCUT2D eigenvalue weighted by atomic mass is 16.3. The van der Waals surface area contributed by atoms with Gasteiger partial charge >= 0.3 is 0 Å². The van der Waals surface area contributed by atoms with Crippen LogP contribution in [0.25, 0.3) is 17.1 Å². The van der Waals surface area contributed by atoms with Gasteiger partial charge in [-0.15, -0.1) is 0 Å². The summed E-state index contributed by atoms with van der Waals surface area (Å²) in [7, 11) is 0. The maximum absolute atomic E-state index is 12.9. The van der Waals surface area contributed by atoms with E-state index < -0.39 is 0 Å². The van der Waals surface area contributed by atoms with Crippen LogP contribution in [0.2, 0.25) is 0 Å². The van der Waals surface area contributed by atoms with Gasteiger partial charge in [0.2, 0.25) is 0 Å². The first-order valence-corrected chi connectivity index (χ1v) is 9.73. The molecule has 0 saturated carbocycles. The molecule has 0 aliphatic heterocycles. The van der Waals surface area contributed by atoms with E-state index >= 15 is 0 Å². The number of likely N-dealkylation sites (N-methyl/N-ethyl adjacent to an activating group) is 1. The summed E-state index contributed by atoms with van der Waals surface area (Å²) >= 11 is 0. The predicted molar refractivity (Wildman–Crippen MR) is 111 cm³/mol. The second-order valence-corrected chi connectivity index (χ2v) is 7.06. The third kappa shape index (κ3) is 4.51. The van der Waals surface area contributed by atoms with E-state index in [1.807, 2.05) is 49.4 Å². The Labute approximate surface area is 166 Å². The lowest BCUT2D eigenvalue weighted by Gasteiger charge is -2.24.